The average molecular weight is 491 g/mol. The zero-order chi connectivity index (χ0) is 24.3. The number of thioether (sulfide) groups is 1. The number of thiocarbonyl (C=S) groups is 1. The summed E-state index contributed by atoms with van der Waals surface area (Å²) in [6.07, 6.45) is 4.59. The summed E-state index contributed by atoms with van der Waals surface area (Å²) in [5.41, 5.74) is 4.33. The van der Waals surface area contributed by atoms with Crippen LogP contribution in [-0.2, 0) is 9.53 Å². The Kier molecular flexibility index (Phi) is 7.29. The zero-order valence-corrected chi connectivity index (χ0v) is 21.7. The summed E-state index contributed by atoms with van der Waals surface area (Å²) in [6, 6.07) is 20.5. The number of esters is 1. The number of nitrogens with zero attached hydrogens (tertiary/aromatic N) is 2. The van der Waals surface area contributed by atoms with Crippen molar-refractivity contribution in [1.82, 2.24) is 0 Å². The first-order valence-corrected chi connectivity index (χ1v) is 12.7. The molecule has 1 saturated heterocycles. The Labute approximate surface area is 212 Å². The van der Waals surface area contributed by atoms with Gasteiger partial charge >= 0.3 is 5.97 Å². The highest BCUT2D eigenvalue weighted by Gasteiger charge is 2.31. The molecule has 0 atom stereocenters. The molecule has 2 heterocycles. The van der Waals surface area contributed by atoms with E-state index in [0.717, 1.165) is 22.1 Å². The number of hydrogen-bond donors (Lipinski definition) is 0. The first-order valence-electron chi connectivity index (χ1n) is 11.5. The van der Waals surface area contributed by atoms with Crippen LogP contribution >= 0.6 is 24.0 Å². The monoisotopic (exact) mass is 490 g/mol. The van der Waals surface area contributed by atoms with Gasteiger partial charge < -0.3 is 14.5 Å². The van der Waals surface area contributed by atoms with Crippen LogP contribution in [0.4, 0.5) is 11.4 Å². The lowest BCUT2D eigenvalue weighted by molar-refractivity contribution is -0.138. The standard InChI is InChI=1S/C28H30N2O2S2/c1-5-25(31)32-26-17-20(16-24(34-26)28(2,3)4)21-18-29(22-12-8-6-9-13-22)27(33)30(19-21)23-14-10-7-11-15-23/h6-17H,5,18-19H2,1-4H3. The van der Waals surface area contributed by atoms with Crippen molar-refractivity contribution in [2.24, 2.45) is 5.41 Å². The Bertz CT molecular complexity index is 1110. The number of carbonyl (C=O) groups excluding carboxylic acids is 1. The summed E-state index contributed by atoms with van der Waals surface area (Å²) >= 11 is 7.51. The molecule has 2 aromatic rings. The highest BCUT2D eigenvalue weighted by atomic mass is 32.2. The van der Waals surface area contributed by atoms with E-state index in [1.54, 1.807) is 0 Å². The molecular weight excluding hydrogens is 460 g/mol. The molecule has 4 rings (SSSR count). The second-order valence-corrected chi connectivity index (χ2v) is 10.7. The molecule has 34 heavy (non-hydrogen) atoms. The molecule has 176 valence electrons. The molecule has 0 aromatic heterocycles. The zero-order valence-electron chi connectivity index (χ0n) is 20.1. The lowest BCUT2D eigenvalue weighted by Gasteiger charge is -2.41. The van der Waals surface area contributed by atoms with Crippen molar-refractivity contribution in [1.29, 1.82) is 0 Å². The van der Waals surface area contributed by atoms with E-state index < -0.39 is 0 Å². The fraction of sp³-hybridized carbons (Fsp3) is 0.286. The SMILES string of the molecule is CCC(=O)OC1=CC(=C2CN(c3ccccc3)C(=S)N(c3ccccc3)C2)C=C(C(C)(C)C)S1. The third kappa shape index (κ3) is 5.45. The van der Waals surface area contributed by atoms with Gasteiger partial charge in [-0.3, -0.25) is 4.79 Å². The van der Waals surface area contributed by atoms with Crippen molar-refractivity contribution < 1.29 is 9.53 Å². The Morgan fingerprint density at radius 3 is 1.94 bits per heavy atom. The topological polar surface area (TPSA) is 32.8 Å². The van der Waals surface area contributed by atoms with Crippen molar-refractivity contribution >= 4 is 46.4 Å². The molecule has 0 unspecified atom stereocenters. The van der Waals surface area contributed by atoms with Crippen LogP contribution in [0.5, 0.6) is 0 Å². The molecule has 0 aliphatic carbocycles. The lowest BCUT2D eigenvalue weighted by atomic mass is 9.93. The molecule has 0 saturated carbocycles. The van der Waals surface area contributed by atoms with Gasteiger partial charge in [0.2, 0.25) is 0 Å². The van der Waals surface area contributed by atoms with Crippen LogP contribution in [-0.4, -0.2) is 24.2 Å². The van der Waals surface area contributed by atoms with Crippen LogP contribution < -0.4 is 9.80 Å². The largest absolute Gasteiger partial charge is 0.419 e. The van der Waals surface area contributed by atoms with Crippen LogP contribution in [0, 0.1) is 5.41 Å². The number of allylic oxidation sites excluding steroid dienone is 4. The first kappa shape index (κ1) is 24.3. The molecule has 2 aromatic carbocycles. The van der Waals surface area contributed by atoms with Crippen LogP contribution in [0.2, 0.25) is 0 Å². The Hall–Kier alpha value is -2.83. The number of ether oxygens (including phenoxy) is 1. The molecule has 0 radical (unpaired) electrons. The van der Waals surface area contributed by atoms with E-state index in [1.807, 2.05) is 49.4 Å². The maximum atomic E-state index is 12.1. The molecular formula is C28H30N2O2S2. The van der Waals surface area contributed by atoms with Gasteiger partial charge in [0.05, 0.1) is 0 Å². The molecule has 0 amide bonds. The third-order valence-electron chi connectivity index (χ3n) is 5.72. The van der Waals surface area contributed by atoms with E-state index in [2.05, 4.69) is 60.9 Å². The number of para-hydroxylation sites is 2. The van der Waals surface area contributed by atoms with Gasteiger partial charge in [-0.25, -0.2) is 0 Å². The Balaban J connectivity index is 1.82. The summed E-state index contributed by atoms with van der Waals surface area (Å²) in [4.78, 5) is 17.6. The van der Waals surface area contributed by atoms with Gasteiger partial charge in [0.15, 0.2) is 10.2 Å². The van der Waals surface area contributed by atoms with E-state index in [0.29, 0.717) is 24.6 Å². The van der Waals surface area contributed by atoms with Gasteiger partial charge in [0.25, 0.3) is 0 Å². The fourth-order valence-corrected chi connectivity index (χ4v) is 5.17. The van der Waals surface area contributed by atoms with Crippen molar-refractivity contribution in [3.63, 3.8) is 0 Å². The molecule has 0 bridgehead atoms. The molecule has 2 aliphatic rings. The summed E-state index contributed by atoms with van der Waals surface area (Å²) in [5.74, 6) is -0.222. The smallest absolute Gasteiger partial charge is 0.311 e. The highest BCUT2D eigenvalue weighted by Crippen LogP contribution is 2.44. The van der Waals surface area contributed by atoms with Gasteiger partial charge in [-0.2, -0.15) is 0 Å². The van der Waals surface area contributed by atoms with E-state index in [-0.39, 0.29) is 11.4 Å². The molecule has 0 spiro atoms. The van der Waals surface area contributed by atoms with Gasteiger partial charge in [-0.1, -0.05) is 75.9 Å². The second-order valence-electron chi connectivity index (χ2n) is 9.34. The lowest BCUT2D eigenvalue weighted by Crippen LogP contribution is -2.51. The van der Waals surface area contributed by atoms with Crippen molar-refractivity contribution in [3.8, 4) is 0 Å². The van der Waals surface area contributed by atoms with Crippen molar-refractivity contribution in [3.05, 3.63) is 94.0 Å². The normalized spacial score (nSPS) is 16.9. The van der Waals surface area contributed by atoms with E-state index >= 15 is 0 Å². The maximum Gasteiger partial charge on any atom is 0.311 e. The van der Waals surface area contributed by atoms with E-state index in [9.17, 15) is 4.79 Å². The van der Waals surface area contributed by atoms with E-state index in [4.69, 9.17) is 17.0 Å². The van der Waals surface area contributed by atoms with Crippen molar-refractivity contribution in [2.45, 2.75) is 34.1 Å². The van der Waals surface area contributed by atoms with Gasteiger partial charge in [0.1, 0.15) is 0 Å². The highest BCUT2D eigenvalue weighted by molar-refractivity contribution is 8.06. The number of carbonyl (C=O) groups is 1. The number of benzene rings is 2. The summed E-state index contributed by atoms with van der Waals surface area (Å²) in [5, 5.41) is 1.40. The molecule has 4 nitrogen and oxygen atoms in total. The van der Waals surface area contributed by atoms with Crippen molar-refractivity contribution in [2.75, 3.05) is 22.9 Å². The Morgan fingerprint density at radius 2 is 1.47 bits per heavy atom. The van der Waals surface area contributed by atoms with Gasteiger partial charge in [-0.05, 0) is 70.1 Å². The molecule has 6 heteroatoms. The predicted molar refractivity (Wildman–Crippen MR) is 147 cm³/mol. The minimum absolute atomic E-state index is 0.0726. The molecule has 2 aliphatic heterocycles. The van der Waals surface area contributed by atoms with Crippen LogP contribution in [0.3, 0.4) is 0 Å². The second kappa shape index (κ2) is 10.2. The maximum absolute atomic E-state index is 12.1. The van der Waals surface area contributed by atoms with Crippen LogP contribution in [0.1, 0.15) is 34.1 Å². The first-order chi connectivity index (χ1) is 16.3. The Morgan fingerprint density at radius 1 is 0.941 bits per heavy atom. The molecule has 0 N–H and O–H groups in total. The predicted octanol–water partition coefficient (Wildman–Crippen LogP) is 7.07. The van der Waals surface area contributed by atoms with Gasteiger partial charge in [-0.15, -0.1) is 0 Å². The summed E-state index contributed by atoms with van der Waals surface area (Å²) in [7, 11) is 0. The molecule has 1 fully saturated rings. The minimum Gasteiger partial charge on any atom is -0.419 e. The van der Waals surface area contributed by atoms with E-state index in [1.165, 1.54) is 22.2 Å². The number of anilines is 2. The fourth-order valence-electron chi connectivity index (χ4n) is 3.80. The quantitative estimate of drug-likeness (QED) is 0.337. The number of hydrogen-bond acceptors (Lipinski definition) is 4. The average Bonchev–Trinajstić information content (AvgIpc) is 2.84. The van der Waals surface area contributed by atoms with Gasteiger partial charge in [0, 0.05) is 30.9 Å². The third-order valence-corrected chi connectivity index (χ3v) is 7.51. The summed E-state index contributed by atoms with van der Waals surface area (Å²) in [6.45, 7) is 9.70. The minimum atomic E-state index is -0.222. The van der Waals surface area contributed by atoms with Crippen LogP contribution in [0.15, 0.2) is 94.0 Å². The summed E-state index contributed by atoms with van der Waals surface area (Å²) < 4.78 is 5.69. The van der Waals surface area contributed by atoms with Crippen LogP contribution in [0.25, 0.3) is 0 Å². The number of rotatable bonds is 4.